The summed E-state index contributed by atoms with van der Waals surface area (Å²) < 4.78 is 5.27. The highest BCUT2D eigenvalue weighted by atomic mass is 16.5. The molecule has 1 amide bonds. The van der Waals surface area contributed by atoms with Crippen molar-refractivity contribution in [2.24, 2.45) is 5.92 Å². The van der Waals surface area contributed by atoms with Gasteiger partial charge in [-0.15, -0.1) is 0 Å². The Labute approximate surface area is 110 Å². The van der Waals surface area contributed by atoms with Gasteiger partial charge < -0.3 is 9.84 Å². The molecule has 100 valence electrons. The van der Waals surface area contributed by atoms with Crippen LogP contribution in [0.3, 0.4) is 0 Å². The number of ether oxygens (including phenoxy) is 1. The van der Waals surface area contributed by atoms with Crippen LogP contribution in [0.5, 0.6) is 5.75 Å². The Bertz CT molecular complexity index is 543. The van der Waals surface area contributed by atoms with E-state index in [-0.39, 0.29) is 37.2 Å². The zero-order chi connectivity index (χ0) is 13.4. The Kier molecular flexibility index (Phi) is 2.94. The van der Waals surface area contributed by atoms with Crippen LogP contribution in [0.2, 0.25) is 0 Å². The smallest absolute Gasteiger partial charge is 0.228 e. The van der Waals surface area contributed by atoms with Crippen molar-refractivity contribution in [2.45, 2.75) is 12.8 Å². The second kappa shape index (κ2) is 4.62. The fraction of sp³-hybridized carbons (Fsp3) is 0.462. The molecule has 1 N–H and O–H groups in total. The van der Waals surface area contributed by atoms with Crippen LogP contribution in [0, 0.1) is 5.92 Å². The van der Waals surface area contributed by atoms with Gasteiger partial charge in [0.05, 0.1) is 12.1 Å². The molecule has 1 atom stereocenters. The van der Waals surface area contributed by atoms with Gasteiger partial charge in [0.1, 0.15) is 18.2 Å². The van der Waals surface area contributed by atoms with E-state index in [1.54, 1.807) is 17.0 Å². The molecule has 1 saturated heterocycles. The summed E-state index contributed by atoms with van der Waals surface area (Å²) >= 11 is 0. The van der Waals surface area contributed by atoms with E-state index in [1.807, 2.05) is 0 Å². The number of nitrogens with zero attached hydrogens (tertiary/aromatic N) is 2. The summed E-state index contributed by atoms with van der Waals surface area (Å²) in [6.07, 6.45) is 0.583. The summed E-state index contributed by atoms with van der Waals surface area (Å²) in [6.45, 7) is 0.550. The number of anilines is 1. The van der Waals surface area contributed by atoms with Crippen LogP contribution in [-0.4, -0.2) is 41.5 Å². The standard InChI is InChI=1S/C13H14N2O4/c16-6-8-3-13(18)15(5-8)12-2-1-11-10(14-12)4-9(17)7-19-11/h1-2,8,16H,3-7H2/t8-/m1/s1. The Morgan fingerprint density at radius 1 is 1.42 bits per heavy atom. The fourth-order valence-electron chi connectivity index (χ4n) is 2.41. The van der Waals surface area contributed by atoms with E-state index >= 15 is 0 Å². The maximum absolute atomic E-state index is 11.9. The lowest BCUT2D eigenvalue weighted by molar-refractivity contribution is -0.121. The van der Waals surface area contributed by atoms with Crippen molar-refractivity contribution in [2.75, 3.05) is 24.7 Å². The molecule has 0 radical (unpaired) electrons. The zero-order valence-electron chi connectivity index (χ0n) is 10.3. The lowest BCUT2D eigenvalue weighted by Crippen LogP contribution is -2.27. The minimum atomic E-state index is -0.0467. The molecule has 19 heavy (non-hydrogen) atoms. The van der Waals surface area contributed by atoms with Crippen molar-refractivity contribution >= 4 is 17.5 Å². The first-order chi connectivity index (χ1) is 9.17. The number of carbonyl (C=O) groups is 2. The van der Waals surface area contributed by atoms with Crippen LogP contribution in [0.15, 0.2) is 12.1 Å². The largest absolute Gasteiger partial charge is 0.484 e. The number of fused-ring (bicyclic) bond motifs is 1. The summed E-state index contributed by atoms with van der Waals surface area (Å²) in [5, 5.41) is 9.11. The fourth-order valence-corrected chi connectivity index (χ4v) is 2.41. The van der Waals surface area contributed by atoms with Gasteiger partial charge in [0.2, 0.25) is 5.91 Å². The Morgan fingerprint density at radius 2 is 2.26 bits per heavy atom. The van der Waals surface area contributed by atoms with Crippen molar-refractivity contribution in [3.8, 4) is 5.75 Å². The van der Waals surface area contributed by atoms with Gasteiger partial charge in [-0.2, -0.15) is 0 Å². The number of aliphatic hydroxyl groups excluding tert-OH is 1. The van der Waals surface area contributed by atoms with Crippen LogP contribution in [-0.2, 0) is 16.0 Å². The summed E-state index contributed by atoms with van der Waals surface area (Å²) in [7, 11) is 0. The first kappa shape index (κ1) is 12.1. The normalized spacial score (nSPS) is 22.4. The summed E-state index contributed by atoms with van der Waals surface area (Å²) in [6, 6.07) is 3.45. The highest BCUT2D eigenvalue weighted by molar-refractivity contribution is 5.95. The van der Waals surface area contributed by atoms with Gasteiger partial charge in [-0.25, -0.2) is 4.98 Å². The molecule has 0 bridgehead atoms. The van der Waals surface area contributed by atoms with E-state index in [0.717, 1.165) is 0 Å². The van der Waals surface area contributed by atoms with Crippen molar-refractivity contribution in [1.82, 2.24) is 4.98 Å². The molecule has 6 heteroatoms. The minimum absolute atomic E-state index is 0.00518. The molecule has 1 aromatic heterocycles. The van der Waals surface area contributed by atoms with E-state index < -0.39 is 0 Å². The number of hydrogen-bond donors (Lipinski definition) is 1. The second-order valence-electron chi connectivity index (χ2n) is 4.88. The van der Waals surface area contributed by atoms with Crippen LogP contribution in [0.1, 0.15) is 12.1 Å². The summed E-state index contributed by atoms with van der Waals surface area (Å²) in [4.78, 5) is 29.1. The Morgan fingerprint density at radius 3 is 3.00 bits per heavy atom. The van der Waals surface area contributed by atoms with Crippen LogP contribution in [0.4, 0.5) is 5.82 Å². The number of hydrogen-bond acceptors (Lipinski definition) is 5. The maximum atomic E-state index is 11.9. The molecule has 2 aliphatic rings. The topological polar surface area (TPSA) is 79.7 Å². The van der Waals surface area contributed by atoms with E-state index in [9.17, 15) is 9.59 Å². The molecule has 3 heterocycles. The Hall–Kier alpha value is -1.95. The summed E-state index contributed by atoms with van der Waals surface area (Å²) in [5.74, 6) is 1.03. The van der Waals surface area contributed by atoms with E-state index in [4.69, 9.17) is 9.84 Å². The highest BCUT2D eigenvalue weighted by Crippen LogP contribution is 2.28. The first-order valence-corrected chi connectivity index (χ1v) is 6.23. The van der Waals surface area contributed by atoms with Gasteiger partial charge in [0.25, 0.3) is 0 Å². The van der Waals surface area contributed by atoms with E-state index in [2.05, 4.69) is 4.98 Å². The molecule has 0 aliphatic carbocycles. The predicted octanol–water partition coefficient (Wildman–Crippen LogP) is -0.0692. The molecule has 1 fully saturated rings. The number of rotatable bonds is 2. The molecule has 0 aromatic carbocycles. The number of ketones is 1. The number of aromatic nitrogens is 1. The lowest BCUT2D eigenvalue weighted by atomic mass is 10.1. The maximum Gasteiger partial charge on any atom is 0.228 e. The van der Waals surface area contributed by atoms with Crippen molar-refractivity contribution in [1.29, 1.82) is 0 Å². The van der Waals surface area contributed by atoms with Gasteiger partial charge in [0, 0.05) is 25.5 Å². The van der Waals surface area contributed by atoms with Gasteiger partial charge in [-0.3, -0.25) is 14.5 Å². The SMILES string of the molecule is O=C1COc2ccc(N3C[C@H](CO)CC3=O)nc2C1. The third kappa shape index (κ3) is 2.19. The first-order valence-electron chi connectivity index (χ1n) is 6.23. The lowest BCUT2D eigenvalue weighted by Gasteiger charge is -2.20. The van der Waals surface area contributed by atoms with Crippen LogP contribution in [0.25, 0.3) is 0 Å². The number of carbonyl (C=O) groups excluding carboxylic acids is 2. The number of pyridine rings is 1. The molecular formula is C13H14N2O4. The minimum Gasteiger partial charge on any atom is -0.484 e. The average Bonchev–Trinajstić information content (AvgIpc) is 2.79. The zero-order valence-corrected chi connectivity index (χ0v) is 10.3. The quantitative estimate of drug-likeness (QED) is 0.807. The molecule has 3 rings (SSSR count). The molecule has 2 aliphatic heterocycles. The van der Waals surface area contributed by atoms with Crippen molar-refractivity contribution < 1.29 is 19.4 Å². The van der Waals surface area contributed by atoms with E-state index in [1.165, 1.54) is 0 Å². The third-order valence-electron chi connectivity index (χ3n) is 3.41. The molecular weight excluding hydrogens is 248 g/mol. The van der Waals surface area contributed by atoms with Crippen LogP contribution >= 0.6 is 0 Å². The van der Waals surface area contributed by atoms with Crippen molar-refractivity contribution in [3.63, 3.8) is 0 Å². The van der Waals surface area contributed by atoms with E-state index in [0.29, 0.717) is 30.2 Å². The van der Waals surface area contributed by atoms with Gasteiger partial charge in [-0.05, 0) is 12.1 Å². The number of aliphatic hydroxyl groups is 1. The second-order valence-corrected chi connectivity index (χ2v) is 4.88. The number of Topliss-reactive ketones (excluding diaryl/α,β-unsaturated/α-hetero) is 1. The monoisotopic (exact) mass is 262 g/mol. The highest BCUT2D eigenvalue weighted by Gasteiger charge is 2.31. The average molecular weight is 262 g/mol. The van der Waals surface area contributed by atoms with Crippen LogP contribution < -0.4 is 9.64 Å². The van der Waals surface area contributed by atoms with Gasteiger partial charge >= 0.3 is 0 Å². The molecule has 0 unspecified atom stereocenters. The summed E-state index contributed by atoms with van der Waals surface area (Å²) in [5.41, 5.74) is 0.578. The third-order valence-corrected chi connectivity index (χ3v) is 3.41. The predicted molar refractivity (Wildman–Crippen MR) is 66.0 cm³/mol. The van der Waals surface area contributed by atoms with Gasteiger partial charge in [0.15, 0.2) is 5.78 Å². The molecule has 0 spiro atoms. The number of amides is 1. The molecule has 0 saturated carbocycles. The molecule has 6 nitrogen and oxygen atoms in total. The Balaban J connectivity index is 1.88. The van der Waals surface area contributed by atoms with Crippen molar-refractivity contribution in [3.05, 3.63) is 17.8 Å². The molecule has 1 aromatic rings. The van der Waals surface area contributed by atoms with Gasteiger partial charge in [-0.1, -0.05) is 0 Å².